The van der Waals surface area contributed by atoms with Crippen LogP contribution in [0.3, 0.4) is 0 Å². The molecule has 1 aromatic heterocycles. The van der Waals surface area contributed by atoms with Gasteiger partial charge in [-0.2, -0.15) is 0 Å². The van der Waals surface area contributed by atoms with Gasteiger partial charge in [0.05, 0.1) is 0 Å². The molecule has 5 heteroatoms. The lowest BCUT2D eigenvalue weighted by Crippen LogP contribution is -2.36. The molecule has 0 spiro atoms. The van der Waals surface area contributed by atoms with Crippen LogP contribution < -0.4 is 11.1 Å². The average Bonchev–Trinajstić information content (AvgIpc) is 2.91. The van der Waals surface area contributed by atoms with Crippen molar-refractivity contribution in [1.82, 2.24) is 14.9 Å². The van der Waals surface area contributed by atoms with Crippen molar-refractivity contribution >= 4 is 5.96 Å². The zero-order valence-electron chi connectivity index (χ0n) is 12.7. The molecule has 21 heavy (non-hydrogen) atoms. The normalized spacial score (nSPS) is 11.9. The van der Waals surface area contributed by atoms with Gasteiger partial charge in [0, 0.05) is 25.0 Å². The first kappa shape index (κ1) is 15.1. The van der Waals surface area contributed by atoms with E-state index in [2.05, 4.69) is 44.1 Å². The number of aliphatic imine (C=N–C) groups is 1. The fraction of sp³-hybridized carbons (Fsp3) is 0.375. The molecule has 0 aliphatic heterocycles. The smallest absolute Gasteiger partial charge is 0.189 e. The van der Waals surface area contributed by atoms with Crippen LogP contribution in [0.25, 0.3) is 0 Å². The summed E-state index contributed by atoms with van der Waals surface area (Å²) in [5.41, 5.74) is 7.13. The molecule has 5 nitrogen and oxygen atoms in total. The van der Waals surface area contributed by atoms with E-state index in [1.807, 2.05) is 32.3 Å². The number of nitrogens with one attached hydrogen (secondary N) is 1. The van der Waals surface area contributed by atoms with Crippen LogP contribution >= 0.6 is 0 Å². The first-order valence-electron chi connectivity index (χ1n) is 7.25. The van der Waals surface area contributed by atoms with Gasteiger partial charge in [0.15, 0.2) is 5.96 Å². The number of benzene rings is 1. The topological polar surface area (TPSA) is 68.2 Å². The molecule has 2 aromatic rings. The molecule has 0 fully saturated rings. The van der Waals surface area contributed by atoms with Gasteiger partial charge in [-0.15, -0.1) is 0 Å². The Balaban J connectivity index is 1.92. The molecule has 0 amide bonds. The average molecular weight is 285 g/mol. The van der Waals surface area contributed by atoms with Crippen LogP contribution in [0.15, 0.2) is 47.7 Å². The van der Waals surface area contributed by atoms with Gasteiger partial charge in [0.25, 0.3) is 0 Å². The number of hydrogen-bond donors (Lipinski definition) is 2. The van der Waals surface area contributed by atoms with E-state index in [9.17, 15) is 0 Å². The highest BCUT2D eigenvalue weighted by molar-refractivity contribution is 5.77. The second-order valence-electron chi connectivity index (χ2n) is 5.27. The molecule has 0 saturated heterocycles. The Morgan fingerprint density at radius 2 is 2.10 bits per heavy atom. The van der Waals surface area contributed by atoms with Gasteiger partial charge >= 0.3 is 0 Å². The molecular formula is C16H23N5. The van der Waals surface area contributed by atoms with Crippen LogP contribution in [0.5, 0.6) is 0 Å². The molecule has 2 rings (SSSR count). The lowest BCUT2D eigenvalue weighted by molar-refractivity contribution is 0.649. The van der Waals surface area contributed by atoms with Gasteiger partial charge in [-0.05, 0) is 25.8 Å². The van der Waals surface area contributed by atoms with Gasteiger partial charge in [-0.25, -0.2) is 9.98 Å². The number of aromatic nitrogens is 2. The highest BCUT2D eigenvalue weighted by Gasteiger charge is 2.03. The maximum absolute atomic E-state index is 5.81. The van der Waals surface area contributed by atoms with Crippen molar-refractivity contribution in [2.45, 2.75) is 39.4 Å². The third-order valence-corrected chi connectivity index (χ3v) is 3.11. The maximum Gasteiger partial charge on any atom is 0.189 e. The predicted octanol–water partition coefficient (Wildman–Crippen LogP) is 1.94. The Morgan fingerprint density at radius 1 is 1.33 bits per heavy atom. The summed E-state index contributed by atoms with van der Waals surface area (Å²) in [5.74, 6) is 1.39. The first-order valence-corrected chi connectivity index (χ1v) is 7.25. The van der Waals surface area contributed by atoms with Crippen molar-refractivity contribution in [1.29, 1.82) is 0 Å². The molecule has 3 N–H and O–H groups in total. The van der Waals surface area contributed by atoms with E-state index in [1.165, 1.54) is 5.56 Å². The van der Waals surface area contributed by atoms with Crippen molar-refractivity contribution in [2.75, 3.05) is 0 Å². The number of nitrogens with zero attached hydrogens (tertiary/aromatic N) is 3. The minimum atomic E-state index is 0.284. The molecule has 0 radical (unpaired) electrons. The van der Waals surface area contributed by atoms with Gasteiger partial charge < -0.3 is 15.6 Å². The summed E-state index contributed by atoms with van der Waals surface area (Å²) in [7, 11) is 0. The molecular weight excluding hydrogens is 262 g/mol. The summed E-state index contributed by atoms with van der Waals surface area (Å²) in [5, 5.41) is 3.07. The van der Waals surface area contributed by atoms with Crippen LogP contribution in [0, 0.1) is 0 Å². The number of guanidine groups is 1. The van der Waals surface area contributed by atoms with Gasteiger partial charge in [-0.3, -0.25) is 0 Å². The standard InChI is InChI=1S/C16H23N5/c1-13(2)20-16(17)19-12-15-18-9-11-21(15)10-8-14-6-4-3-5-7-14/h3-7,9,11,13H,8,10,12H2,1-2H3,(H3,17,19,20). The predicted molar refractivity (Wildman–Crippen MR) is 86.0 cm³/mol. The van der Waals surface area contributed by atoms with Gasteiger partial charge in [0.2, 0.25) is 0 Å². The minimum absolute atomic E-state index is 0.284. The summed E-state index contributed by atoms with van der Waals surface area (Å²) in [6.07, 6.45) is 4.77. The van der Waals surface area contributed by atoms with Gasteiger partial charge in [0.1, 0.15) is 12.4 Å². The Kier molecular flexibility index (Phi) is 5.37. The molecule has 0 aliphatic carbocycles. The largest absolute Gasteiger partial charge is 0.370 e. The Labute approximate surface area is 125 Å². The van der Waals surface area contributed by atoms with Crippen molar-refractivity contribution in [3.05, 3.63) is 54.1 Å². The lowest BCUT2D eigenvalue weighted by Gasteiger charge is -2.09. The summed E-state index contributed by atoms with van der Waals surface area (Å²) in [4.78, 5) is 8.67. The van der Waals surface area contributed by atoms with Crippen molar-refractivity contribution < 1.29 is 0 Å². The fourth-order valence-corrected chi connectivity index (χ4v) is 2.09. The summed E-state index contributed by atoms with van der Waals surface area (Å²) in [6.45, 7) is 5.45. The highest BCUT2D eigenvalue weighted by Crippen LogP contribution is 2.05. The summed E-state index contributed by atoms with van der Waals surface area (Å²) < 4.78 is 2.12. The summed E-state index contributed by atoms with van der Waals surface area (Å²) >= 11 is 0. The number of imidazole rings is 1. The molecule has 0 bridgehead atoms. The van der Waals surface area contributed by atoms with Crippen LogP contribution in [0.4, 0.5) is 0 Å². The second-order valence-corrected chi connectivity index (χ2v) is 5.27. The van der Waals surface area contributed by atoms with Crippen molar-refractivity contribution in [3.8, 4) is 0 Å². The van der Waals surface area contributed by atoms with E-state index in [0.29, 0.717) is 12.5 Å². The Morgan fingerprint density at radius 3 is 2.81 bits per heavy atom. The summed E-state index contributed by atoms with van der Waals surface area (Å²) in [6, 6.07) is 10.7. The van der Waals surface area contributed by atoms with Crippen molar-refractivity contribution in [3.63, 3.8) is 0 Å². The number of nitrogens with two attached hydrogens (primary N) is 1. The molecule has 1 aromatic carbocycles. The molecule has 1 heterocycles. The van der Waals surface area contributed by atoms with Gasteiger partial charge in [-0.1, -0.05) is 30.3 Å². The van der Waals surface area contributed by atoms with Crippen LogP contribution in [0.2, 0.25) is 0 Å². The highest BCUT2D eigenvalue weighted by atomic mass is 15.1. The Bertz CT molecular complexity index is 571. The maximum atomic E-state index is 5.81. The number of rotatable bonds is 6. The second kappa shape index (κ2) is 7.47. The number of hydrogen-bond acceptors (Lipinski definition) is 2. The zero-order chi connectivity index (χ0) is 15.1. The minimum Gasteiger partial charge on any atom is -0.370 e. The molecule has 0 aliphatic rings. The monoisotopic (exact) mass is 285 g/mol. The third-order valence-electron chi connectivity index (χ3n) is 3.11. The number of aryl methyl sites for hydroxylation is 2. The van der Waals surface area contributed by atoms with E-state index in [1.54, 1.807) is 0 Å². The van der Waals surface area contributed by atoms with E-state index in [-0.39, 0.29) is 6.04 Å². The third kappa shape index (κ3) is 4.95. The Hall–Kier alpha value is -2.30. The van der Waals surface area contributed by atoms with E-state index < -0.39 is 0 Å². The quantitative estimate of drug-likeness (QED) is 0.629. The SMILES string of the molecule is CC(C)NC(N)=NCc1nccn1CCc1ccccc1. The molecule has 0 unspecified atom stereocenters. The first-order chi connectivity index (χ1) is 10.1. The van der Waals surface area contributed by atoms with Crippen LogP contribution in [0.1, 0.15) is 25.2 Å². The van der Waals surface area contributed by atoms with E-state index in [4.69, 9.17) is 5.73 Å². The van der Waals surface area contributed by atoms with Crippen molar-refractivity contribution in [2.24, 2.45) is 10.7 Å². The lowest BCUT2D eigenvalue weighted by atomic mass is 10.1. The van der Waals surface area contributed by atoms with Crippen LogP contribution in [-0.2, 0) is 19.5 Å². The fourth-order valence-electron chi connectivity index (χ4n) is 2.09. The van der Waals surface area contributed by atoms with E-state index in [0.717, 1.165) is 18.8 Å². The van der Waals surface area contributed by atoms with Crippen LogP contribution in [-0.4, -0.2) is 21.6 Å². The zero-order valence-corrected chi connectivity index (χ0v) is 12.7. The molecule has 0 atom stereocenters. The van der Waals surface area contributed by atoms with E-state index >= 15 is 0 Å². The molecule has 0 saturated carbocycles. The molecule has 112 valence electrons.